The molecule has 1 aromatic carbocycles. The summed E-state index contributed by atoms with van der Waals surface area (Å²) >= 11 is 0. The standard InChI is InChI=1S/C16H22N2O3/c1-3-21-16(20)14-6-4-5-9-18(14)15(19)13-10-12(17)8-7-11(13)2/h7-8,10,14H,3-6,9,17H2,1-2H3. The minimum Gasteiger partial charge on any atom is -0.464 e. The number of esters is 1. The minimum absolute atomic E-state index is 0.141. The van der Waals surface area contributed by atoms with Crippen molar-refractivity contribution >= 4 is 17.6 Å². The quantitative estimate of drug-likeness (QED) is 0.683. The van der Waals surface area contributed by atoms with Gasteiger partial charge >= 0.3 is 5.97 Å². The van der Waals surface area contributed by atoms with Crippen LogP contribution < -0.4 is 5.73 Å². The second kappa shape index (κ2) is 6.61. The number of amides is 1. The predicted molar refractivity (Wildman–Crippen MR) is 80.9 cm³/mol. The largest absolute Gasteiger partial charge is 0.464 e. The normalized spacial score (nSPS) is 18.4. The molecule has 1 saturated heterocycles. The molecule has 1 fully saturated rings. The van der Waals surface area contributed by atoms with Gasteiger partial charge in [-0.2, -0.15) is 0 Å². The fourth-order valence-corrected chi connectivity index (χ4v) is 2.68. The van der Waals surface area contributed by atoms with E-state index < -0.39 is 6.04 Å². The molecule has 0 aromatic heterocycles. The average molecular weight is 290 g/mol. The van der Waals surface area contributed by atoms with Crippen LogP contribution in [0.15, 0.2) is 18.2 Å². The summed E-state index contributed by atoms with van der Waals surface area (Å²) in [5.41, 5.74) is 7.75. The highest BCUT2D eigenvalue weighted by Gasteiger charge is 2.34. The number of rotatable bonds is 3. The van der Waals surface area contributed by atoms with Gasteiger partial charge in [-0.15, -0.1) is 0 Å². The number of ether oxygens (including phenoxy) is 1. The summed E-state index contributed by atoms with van der Waals surface area (Å²) in [5.74, 6) is -0.454. The zero-order valence-electron chi connectivity index (χ0n) is 12.6. The molecule has 0 saturated carbocycles. The molecule has 0 bridgehead atoms. The van der Waals surface area contributed by atoms with Gasteiger partial charge in [0.15, 0.2) is 0 Å². The van der Waals surface area contributed by atoms with E-state index in [1.807, 2.05) is 13.0 Å². The Morgan fingerprint density at radius 1 is 1.38 bits per heavy atom. The van der Waals surface area contributed by atoms with Gasteiger partial charge in [0.2, 0.25) is 0 Å². The average Bonchev–Trinajstić information content (AvgIpc) is 2.49. The van der Waals surface area contributed by atoms with Crippen molar-refractivity contribution in [2.45, 2.75) is 39.2 Å². The Hall–Kier alpha value is -2.04. The van der Waals surface area contributed by atoms with Crippen molar-refractivity contribution in [3.8, 4) is 0 Å². The molecule has 2 N–H and O–H groups in total. The number of likely N-dealkylation sites (tertiary alicyclic amines) is 1. The Labute approximate surface area is 125 Å². The number of piperidine rings is 1. The van der Waals surface area contributed by atoms with Gasteiger partial charge in [-0.05, 0) is 50.8 Å². The highest BCUT2D eigenvalue weighted by molar-refractivity contribution is 5.98. The van der Waals surface area contributed by atoms with Crippen LogP contribution >= 0.6 is 0 Å². The van der Waals surface area contributed by atoms with Crippen molar-refractivity contribution in [3.63, 3.8) is 0 Å². The van der Waals surface area contributed by atoms with E-state index in [9.17, 15) is 9.59 Å². The molecule has 1 aliphatic rings. The van der Waals surface area contributed by atoms with Gasteiger partial charge < -0.3 is 15.4 Å². The van der Waals surface area contributed by atoms with E-state index >= 15 is 0 Å². The summed E-state index contributed by atoms with van der Waals surface area (Å²) in [5, 5.41) is 0. The van der Waals surface area contributed by atoms with Crippen LogP contribution in [0.4, 0.5) is 5.69 Å². The van der Waals surface area contributed by atoms with Crippen LogP contribution in [-0.4, -0.2) is 36.0 Å². The number of hydrogen-bond donors (Lipinski definition) is 1. The molecule has 1 atom stereocenters. The molecule has 5 nitrogen and oxygen atoms in total. The molecule has 0 aliphatic carbocycles. The fraction of sp³-hybridized carbons (Fsp3) is 0.500. The topological polar surface area (TPSA) is 72.6 Å². The first-order chi connectivity index (χ1) is 10.0. The third kappa shape index (κ3) is 3.35. The highest BCUT2D eigenvalue weighted by Crippen LogP contribution is 2.23. The zero-order valence-corrected chi connectivity index (χ0v) is 12.6. The first-order valence-corrected chi connectivity index (χ1v) is 7.38. The number of aryl methyl sites for hydroxylation is 1. The van der Waals surface area contributed by atoms with Crippen molar-refractivity contribution in [1.29, 1.82) is 0 Å². The van der Waals surface area contributed by atoms with Crippen LogP contribution in [0.2, 0.25) is 0 Å². The molecule has 1 amide bonds. The van der Waals surface area contributed by atoms with Crippen molar-refractivity contribution < 1.29 is 14.3 Å². The van der Waals surface area contributed by atoms with E-state index in [1.54, 1.807) is 24.0 Å². The summed E-state index contributed by atoms with van der Waals surface area (Å²) in [6.07, 6.45) is 2.50. The van der Waals surface area contributed by atoms with Crippen LogP contribution in [-0.2, 0) is 9.53 Å². The second-order valence-electron chi connectivity index (χ2n) is 5.34. The molecule has 5 heteroatoms. The molecule has 0 spiro atoms. The Balaban J connectivity index is 2.26. The Morgan fingerprint density at radius 2 is 2.14 bits per heavy atom. The first-order valence-electron chi connectivity index (χ1n) is 7.38. The van der Waals surface area contributed by atoms with E-state index in [4.69, 9.17) is 10.5 Å². The van der Waals surface area contributed by atoms with E-state index in [-0.39, 0.29) is 11.9 Å². The molecule has 1 aromatic rings. The van der Waals surface area contributed by atoms with Crippen molar-refractivity contribution in [2.24, 2.45) is 0 Å². The van der Waals surface area contributed by atoms with Crippen molar-refractivity contribution in [2.75, 3.05) is 18.9 Å². The van der Waals surface area contributed by atoms with Gasteiger partial charge in [0.25, 0.3) is 5.91 Å². The first kappa shape index (κ1) is 15.4. The summed E-state index contributed by atoms with van der Waals surface area (Å²) in [7, 11) is 0. The number of nitrogens with two attached hydrogens (primary N) is 1. The van der Waals surface area contributed by atoms with Crippen LogP contribution in [0.25, 0.3) is 0 Å². The van der Waals surface area contributed by atoms with Gasteiger partial charge in [0.05, 0.1) is 6.61 Å². The highest BCUT2D eigenvalue weighted by atomic mass is 16.5. The maximum absolute atomic E-state index is 12.8. The van der Waals surface area contributed by atoms with Gasteiger partial charge in [0, 0.05) is 17.8 Å². The zero-order chi connectivity index (χ0) is 15.4. The monoisotopic (exact) mass is 290 g/mol. The molecule has 2 rings (SSSR count). The minimum atomic E-state index is -0.480. The Bertz CT molecular complexity index is 542. The van der Waals surface area contributed by atoms with Crippen LogP contribution in [0.1, 0.15) is 42.1 Å². The SMILES string of the molecule is CCOC(=O)C1CCCCN1C(=O)c1cc(N)ccc1C. The van der Waals surface area contributed by atoms with E-state index in [0.29, 0.717) is 30.8 Å². The van der Waals surface area contributed by atoms with Crippen molar-refractivity contribution in [3.05, 3.63) is 29.3 Å². The van der Waals surface area contributed by atoms with Gasteiger partial charge in [0.1, 0.15) is 6.04 Å². The second-order valence-corrected chi connectivity index (χ2v) is 5.34. The van der Waals surface area contributed by atoms with Gasteiger partial charge in [-0.25, -0.2) is 4.79 Å². The predicted octanol–water partition coefficient (Wildman–Crippen LogP) is 2.14. The van der Waals surface area contributed by atoms with Crippen LogP contribution in [0, 0.1) is 6.92 Å². The molecule has 1 aliphatic heterocycles. The number of anilines is 1. The van der Waals surface area contributed by atoms with Crippen molar-refractivity contribution in [1.82, 2.24) is 4.90 Å². The molecule has 114 valence electrons. The van der Waals surface area contributed by atoms with E-state index in [1.165, 1.54) is 0 Å². The molecule has 1 heterocycles. The summed E-state index contributed by atoms with van der Waals surface area (Å²) in [6.45, 7) is 4.55. The number of carbonyl (C=O) groups excluding carboxylic acids is 2. The van der Waals surface area contributed by atoms with Crippen LogP contribution in [0.3, 0.4) is 0 Å². The molecular weight excluding hydrogens is 268 g/mol. The maximum Gasteiger partial charge on any atom is 0.328 e. The Kier molecular flexibility index (Phi) is 4.83. The smallest absolute Gasteiger partial charge is 0.328 e. The number of benzene rings is 1. The fourth-order valence-electron chi connectivity index (χ4n) is 2.68. The summed E-state index contributed by atoms with van der Waals surface area (Å²) in [4.78, 5) is 26.4. The lowest BCUT2D eigenvalue weighted by Gasteiger charge is -2.34. The number of nitrogens with zero attached hydrogens (tertiary/aromatic N) is 1. The lowest BCUT2D eigenvalue weighted by molar-refractivity contribution is -0.149. The van der Waals surface area contributed by atoms with Crippen LogP contribution in [0.5, 0.6) is 0 Å². The Morgan fingerprint density at radius 3 is 2.86 bits per heavy atom. The van der Waals surface area contributed by atoms with Gasteiger partial charge in [-0.3, -0.25) is 4.79 Å². The summed E-state index contributed by atoms with van der Waals surface area (Å²) in [6, 6.07) is 4.79. The number of hydrogen-bond acceptors (Lipinski definition) is 4. The maximum atomic E-state index is 12.8. The molecule has 1 unspecified atom stereocenters. The third-order valence-electron chi connectivity index (χ3n) is 3.81. The number of carbonyl (C=O) groups is 2. The molecule has 21 heavy (non-hydrogen) atoms. The summed E-state index contributed by atoms with van der Waals surface area (Å²) < 4.78 is 5.09. The lowest BCUT2D eigenvalue weighted by atomic mass is 9.99. The molecule has 0 radical (unpaired) electrons. The third-order valence-corrected chi connectivity index (χ3v) is 3.81. The molecular formula is C16H22N2O3. The van der Waals surface area contributed by atoms with E-state index in [2.05, 4.69) is 0 Å². The van der Waals surface area contributed by atoms with Gasteiger partial charge in [-0.1, -0.05) is 6.07 Å². The van der Waals surface area contributed by atoms with E-state index in [0.717, 1.165) is 18.4 Å². The number of nitrogen functional groups attached to an aromatic ring is 1. The lowest BCUT2D eigenvalue weighted by Crippen LogP contribution is -2.48.